The van der Waals surface area contributed by atoms with Crippen molar-refractivity contribution >= 4 is 24.6 Å². The van der Waals surface area contributed by atoms with Crippen LogP contribution in [0.15, 0.2) is 54.6 Å². The van der Waals surface area contributed by atoms with Crippen LogP contribution in [0.5, 0.6) is 0 Å². The Hall–Kier alpha value is -2.37. The van der Waals surface area contributed by atoms with Gasteiger partial charge in [-0.3, -0.25) is 4.79 Å². The van der Waals surface area contributed by atoms with Gasteiger partial charge in [0.25, 0.3) is 0 Å². The minimum atomic E-state index is -1.50. The molecule has 1 aliphatic rings. The summed E-state index contributed by atoms with van der Waals surface area (Å²) in [6.45, 7) is 3.70. The largest absolute Gasteiger partial charge is 0.488 e. The lowest BCUT2D eigenvalue weighted by Crippen LogP contribution is -2.36. The second kappa shape index (κ2) is 9.02. The van der Waals surface area contributed by atoms with Gasteiger partial charge in [-0.05, 0) is 53.4 Å². The van der Waals surface area contributed by atoms with Crippen molar-refractivity contribution in [3.63, 3.8) is 0 Å². The summed E-state index contributed by atoms with van der Waals surface area (Å²) in [7, 11) is -1.50. The average molecular weight is 363 g/mol. The average Bonchev–Trinajstić information content (AvgIpc) is 2.72. The van der Waals surface area contributed by atoms with Crippen molar-refractivity contribution in [1.82, 2.24) is 4.90 Å². The van der Waals surface area contributed by atoms with Gasteiger partial charge in [0.2, 0.25) is 5.91 Å². The summed E-state index contributed by atoms with van der Waals surface area (Å²) in [5, 5.41) is 18.5. The predicted octanol–water partition coefficient (Wildman–Crippen LogP) is 2.35. The van der Waals surface area contributed by atoms with Gasteiger partial charge in [0.05, 0.1) is 0 Å². The van der Waals surface area contributed by atoms with Crippen LogP contribution in [-0.4, -0.2) is 41.1 Å². The number of likely N-dealkylation sites (tertiary alicyclic amines) is 1. The molecule has 0 unspecified atom stereocenters. The number of hydrogen-bond acceptors (Lipinski definition) is 3. The summed E-state index contributed by atoms with van der Waals surface area (Å²) in [6, 6.07) is 15.7. The van der Waals surface area contributed by atoms with Crippen LogP contribution in [0.1, 0.15) is 42.4 Å². The summed E-state index contributed by atoms with van der Waals surface area (Å²) in [6.07, 6.45) is 6.31. The van der Waals surface area contributed by atoms with Gasteiger partial charge < -0.3 is 14.9 Å². The molecule has 1 saturated heterocycles. The molecule has 2 aromatic rings. The first-order chi connectivity index (χ1) is 13.1. The fourth-order valence-corrected chi connectivity index (χ4v) is 3.60. The van der Waals surface area contributed by atoms with Gasteiger partial charge in [-0.15, -0.1) is 0 Å². The number of nitrogens with zero attached hydrogens (tertiary/aromatic N) is 1. The minimum Gasteiger partial charge on any atom is -0.423 e. The number of aryl methyl sites for hydroxylation is 1. The van der Waals surface area contributed by atoms with E-state index in [1.807, 2.05) is 11.0 Å². The smallest absolute Gasteiger partial charge is 0.423 e. The minimum absolute atomic E-state index is 0.00529. The summed E-state index contributed by atoms with van der Waals surface area (Å²) >= 11 is 0. The van der Waals surface area contributed by atoms with Crippen LogP contribution in [0.4, 0.5) is 0 Å². The number of hydrogen-bond donors (Lipinski definition) is 2. The lowest BCUT2D eigenvalue weighted by Gasteiger charge is -2.31. The second-order valence-corrected chi connectivity index (χ2v) is 7.08. The molecule has 0 aromatic heterocycles. The van der Waals surface area contributed by atoms with Crippen molar-refractivity contribution in [2.45, 2.75) is 32.1 Å². The number of amides is 1. The van der Waals surface area contributed by atoms with E-state index >= 15 is 0 Å². The van der Waals surface area contributed by atoms with E-state index in [9.17, 15) is 14.8 Å². The lowest BCUT2D eigenvalue weighted by molar-refractivity contribution is -0.126. The Labute approximate surface area is 161 Å². The van der Waals surface area contributed by atoms with Crippen molar-refractivity contribution in [3.05, 3.63) is 71.3 Å². The third kappa shape index (κ3) is 5.09. The van der Waals surface area contributed by atoms with Gasteiger partial charge in [0, 0.05) is 19.2 Å². The maximum atomic E-state index is 12.5. The van der Waals surface area contributed by atoms with Gasteiger partial charge in [-0.25, -0.2) is 0 Å². The van der Waals surface area contributed by atoms with Gasteiger partial charge >= 0.3 is 7.12 Å². The first kappa shape index (κ1) is 19.4. The molecule has 3 rings (SSSR count). The molecule has 0 radical (unpaired) electrons. The molecule has 140 valence electrons. The van der Waals surface area contributed by atoms with E-state index in [0.29, 0.717) is 11.4 Å². The molecule has 0 spiro atoms. The molecular formula is C22H26BNO3. The second-order valence-electron chi connectivity index (χ2n) is 7.08. The normalized spacial score (nSPS) is 15.3. The van der Waals surface area contributed by atoms with Crippen LogP contribution in [-0.2, 0) is 11.2 Å². The highest BCUT2D eigenvalue weighted by molar-refractivity contribution is 6.58. The van der Waals surface area contributed by atoms with E-state index in [1.54, 1.807) is 30.4 Å². The zero-order valence-electron chi connectivity index (χ0n) is 15.7. The van der Waals surface area contributed by atoms with Crippen molar-refractivity contribution in [2.75, 3.05) is 13.1 Å². The number of benzene rings is 2. The van der Waals surface area contributed by atoms with Crippen LogP contribution < -0.4 is 5.46 Å². The molecule has 1 fully saturated rings. The maximum Gasteiger partial charge on any atom is 0.488 e. The molecule has 0 atom stereocenters. The molecule has 1 aliphatic heterocycles. The molecule has 4 nitrogen and oxygen atoms in total. The van der Waals surface area contributed by atoms with Gasteiger partial charge in [0.1, 0.15) is 0 Å². The lowest BCUT2D eigenvalue weighted by atomic mass is 9.79. The topological polar surface area (TPSA) is 60.8 Å². The van der Waals surface area contributed by atoms with Crippen molar-refractivity contribution in [1.29, 1.82) is 0 Å². The molecular weight excluding hydrogens is 337 g/mol. The number of piperidine rings is 1. The molecule has 27 heavy (non-hydrogen) atoms. The third-order valence-electron chi connectivity index (χ3n) is 5.26. The number of rotatable bonds is 5. The van der Waals surface area contributed by atoms with Crippen LogP contribution in [0, 0.1) is 0 Å². The van der Waals surface area contributed by atoms with E-state index in [2.05, 4.69) is 31.2 Å². The predicted molar refractivity (Wildman–Crippen MR) is 110 cm³/mol. The third-order valence-corrected chi connectivity index (χ3v) is 5.26. The highest BCUT2D eigenvalue weighted by atomic mass is 16.4. The Bertz CT molecular complexity index is 811. The maximum absolute atomic E-state index is 12.5. The van der Waals surface area contributed by atoms with Gasteiger partial charge in [-0.2, -0.15) is 0 Å². The molecule has 0 aliphatic carbocycles. The van der Waals surface area contributed by atoms with Crippen molar-refractivity contribution in [2.24, 2.45) is 0 Å². The van der Waals surface area contributed by atoms with E-state index in [-0.39, 0.29) is 5.91 Å². The van der Waals surface area contributed by atoms with E-state index < -0.39 is 7.12 Å². The molecule has 0 bridgehead atoms. The molecule has 2 aromatic carbocycles. The summed E-state index contributed by atoms with van der Waals surface area (Å²) < 4.78 is 0. The zero-order valence-corrected chi connectivity index (χ0v) is 15.7. The van der Waals surface area contributed by atoms with E-state index in [0.717, 1.165) is 37.9 Å². The summed E-state index contributed by atoms with van der Waals surface area (Å²) in [5.41, 5.74) is 3.94. The Morgan fingerprint density at radius 3 is 2.59 bits per heavy atom. The zero-order chi connectivity index (χ0) is 19.2. The molecule has 2 N–H and O–H groups in total. The van der Waals surface area contributed by atoms with Gasteiger partial charge in [0.15, 0.2) is 0 Å². The van der Waals surface area contributed by atoms with Gasteiger partial charge in [-0.1, -0.05) is 55.5 Å². The van der Waals surface area contributed by atoms with E-state index in [1.165, 1.54) is 11.1 Å². The fraction of sp³-hybridized carbons (Fsp3) is 0.318. The number of carbonyl (C=O) groups is 1. The molecule has 0 saturated carbocycles. The van der Waals surface area contributed by atoms with E-state index in [4.69, 9.17) is 0 Å². The monoisotopic (exact) mass is 363 g/mol. The van der Waals surface area contributed by atoms with Crippen LogP contribution in [0.2, 0.25) is 0 Å². The van der Waals surface area contributed by atoms with Crippen molar-refractivity contribution < 1.29 is 14.8 Å². The first-order valence-corrected chi connectivity index (χ1v) is 9.58. The highest BCUT2D eigenvalue weighted by Gasteiger charge is 2.22. The first-order valence-electron chi connectivity index (χ1n) is 9.58. The summed E-state index contributed by atoms with van der Waals surface area (Å²) in [5.74, 6) is 0.526. The fourth-order valence-electron chi connectivity index (χ4n) is 3.60. The van der Waals surface area contributed by atoms with Crippen LogP contribution in [0.25, 0.3) is 6.08 Å². The Kier molecular flexibility index (Phi) is 6.48. The Balaban J connectivity index is 1.57. The van der Waals surface area contributed by atoms with Crippen LogP contribution in [0.3, 0.4) is 0 Å². The Morgan fingerprint density at radius 1 is 1.15 bits per heavy atom. The van der Waals surface area contributed by atoms with Crippen LogP contribution >= 0.6 is 0 Å². The standard InChI is InChI=1S/C22H26BNO3/c1-2-17-5-3-7-20(15-17)19-11-13-24(14-12-19)22(25)10-9-18-6-4-8-21(16-18)23(26)27/h3-10,15-16,19,26-27H,2,11-14H2,1H3/b10-9+. The van der Waals surface area contributed by atoms with Crippen molar-refractivity contribution in [3.8, 4) is 0 Å². The highest BCUT2D eigenvalue weighted by Crippen LogP contribution is 2.28. The SMILES string of the molecule is CCc1cccc(C2CCN(C(=O)/C=C/c3cccc(B(O)O)c3)CC2)c1. The number of carbonyl (C=O) groups excluding carboxylic acids is 1. The Morgan fingerprint density at radius 2 is 1.89 bits per heavy atom. The quantitative estimate of drug-likeness (QED) is 0.633. The molecule has 1 amide bonds. The summed E-state index contributed by atoms with van der Waals surface area (Å²) in [4.78, 5) is 14.4. The molecule has 1 heterocycles. The molecule has 5 heteroatoms.